The fourth-order valence-electron chi connectivity index (χ4n) is 1.93. The van der Waals surface area contributed by atoms with Crippen LogP contribution in [0.25, 0.3) is 0 Å². The number of esters is 1. The zero-order valence-electron chi connectivity index (χ0n) is 14.3. The third kappa shape index (κ3) is 8.83. The zero-order chi connectivity index (χ0) is 17.3. The lowest BCUT2D eigenvalue weighted by Gasteiger charge is -2.23. The smallest absolute Gasteiger partial charge is 0.407 e. The second-order valence-corrected chi connectivity index (χ2v) is 6.20. The molecule has 0 unspecified atom stereocenters. The first kappa shape index (κ1) is 19.0. The summed E-state index contributed by atoms with van der Waals surface area (Å²) in [7, 11) is 1.36. The van der Waals surface area contributed by atoms with Gasteiger partial charge in [0.2, 0.25) is 0 Å². The molecule has 0 radical (unpaired) electrons. The van der Waals surface area contributed by atoms with E-state index in [0.29, 0.717) is 19.6 Å². The summed E-state index contributed by atoms with van der Waals surface area (Å²) >= 11 is 0. The summed E-state index contributed by atoms with van der Waals surface area (Å²) in [5.41, 5.74) is 0.563. The van der Waals surface area contributed by atoms with Crippen molar-refractivity contribution >= 4 is 12.1 Å². The Morgan fingerprint density at radius 3 is 2.39 bits per heavy atom. The molecule has 1 amide bonds. The standard InChI is InChI=1S/C17H26N2O4/c1-17(2,3)23-16(21)18-10-11-19(13-15(20)22-4)12-14-8-6-5-7-9-14/h5-9H,10-13H2,1-4H3,(H,18,21). The molecule has 1 aromatic rings. The zero-order valence-corrected chi connectivity index (χ0v) is 14.3. The Morgan fingerprint density at radius 2 is 1.83 bits per heavy atom. The van der Waals surface area contributed by atoms with E-state index in [1.54, 1.807) is 0 Å². The van der Waals surface area contributed by atoms with Crippen molar-refractivity contribution in [2.75, 3.05) is 26.7 Å². The topological polar surface area (TPSA) is 67.9 Å². The van der Waals surface area contributed by atoms with Gasteiger partial charge in [-0.2, -0.15) is 0 Å². The molecule has 0 atom stereocenters. The van der Waals surface area contributed by atoms with Gasteiger partial charge in [-0.05, 0) is 26.3 Å². The summed E-state index contributed by atoms with van der Waals surface area (Å²) in [6.45, 7) is 7.11. The number of rotatable bonds is 7. The molecule has 0 heterocycles. The summed E-state index contributed by atoms with van der Waals surface area (Å²) in [5, 5.41) is 2.69. The first-order valence-corrected chi connectivity index (χ1v) is 7.60. The molecule has 6 nitrogen and oxygen atoms in total. The van der Waals surface area contributed by atoms with Gasteiger partial charge in [-0.1, -0.05) is 30.3 Å². The van der Waals surface area contributed by atoms with Crippen LogP contribution in [0.2, 0.25) is 0 Å². The molecular weight excluding hydrogens is 296 g/mol. The Balaban J connectivity index is 2.49. The fraction of sp³-hybridized carbons (Fsp3) is 0.529. The Labute approximate surface area is 137 Å². The molecule has 0 saturated heterocycles. The predicted molar refractivity (Wildman–Crippen MR) is 88.0 cm³/mol. The first-order chi connectivity index (χ1) is 10.8. The van der Waals surface area contributed by atoms with Crippen LogP contribution in [0.5, 0.6) is 0 Å². The van der Waals surface area contributed by atoms with Crippen LogP contribution in [0.1, 0.15) is 26.3 Å². The molecule has 0 fully saturated rings. The molecule has 1 aromatic carbocycles. The lowest BCUT2D eigenvalue weighted by Crippen LogP contribution is -2.39. The van der Waals surface area contributed by atoms with Gasteiger partial charge in [0.1, 0.15) is 5.60 Å². The minimum absolute atomic E-state index is 0.168. The van der Waals surface area contributed by atoms with Crippen LogP contribution in [-0.4, -0.2) is 49.3 Å². The summed E-state index contributed by atoms with van der Waals surface area (Å²) < 4.78 is 9.90. The van der Waals surface area contributed by atoms with Gasteiger partial charge in [0.05, 0.1) is 13.7 Å². The first-order valence-electron chi connectivity index (χ1n) is 7.60. The van der Waals surface area contributed by atoms with Crippen LogP contribution < -0.4 is 5.32 Å². The quantitative estimate of drug-likeness (QED) is 0.779. The van der Waals surface area contributed by atoms with Gasteiger partial charge in [0, 0.05) is 19.6 Å². The van der Waals surface area contributed by atoms with Crippen LogP contribution in [0.4, 0.5) is 4.79 Å². The molecule has 1 rings (SSSR count). The summed E-state index contributed by atoms with van der Waals surface area (Å²) in [6, 6.07) is 9.82. The van der Waals surface area contributed by atoms with Crippen LogP contribution in [-0.2, 0) is 20.8 Å². The van der Waals surface area contributed by atoms with Gasteiger partial charge in [-0.15, -0.1) is 0 Å². The molecule has 0 aromatic heterocycles. The van der Waals surface area contributed by atoms with E-state index < -0.39 is 11.7 Å². The molecule has 0 aliphatic rings. The summed E-state index contributed by atoms with van der Waals surface area (Å²) in [4.78, 5) is 25.1. The molecule has 128 valence electrons. The van der Waals surface area contributed by atoms with E-state index >= 15 is 0 Å². The van der Waals surface area contributed by atoms with E-state index in [2.05, 4.69) is 5.32 Å². The third-order valence-electron chi connectivity index (χ3n) is 2.93. The largest absolute Gasteiger partial charge is 0.468 e. The van der Waals surface area contributed by atoms with Gasteiger partial charge in [-0.3, -0.25) is 9.69 Å². The van der Waals surface area contributed by atoms with Crippen molar-refractivity contribution in [3.8, 4) is 0 Å². The average molecular weight is 322 g/mol. The number of carbonyl (C=O) groups excluding carboxylic acids is 2. The Kier molecular flexibility index (Phi) is 7.54. The molecule has 23 heavy (non-hydrogen) atoms. The van der Waals surface area contributed by atoms with Gasteiger partial charge in [0.15, 0.2) is 0 Å². The molecule has 0 saturated carbocycles. The van der Waals surface area contributed by atoms with Gasteiger partial charge < -0.3 is 14.8 Å². The molecular formula is C17H26N2O4. The average Bonchev–Trinajstić information content (AvgIpc) is 2.46. The minimum atomic E-state index is -0.528. The van der Waals surface area contributed by atoms with Gasteiger partial charge >= 0.3 is 12.1 Å². The maximum Gasteiger partial charge on any atom is 0.407 e. The number of methoxy groups -OCH3 is 1. The van der Waals surface area contributed by atoms with Crippen molar-refractivity contribution in [3.63, 3.8) is 0 Å². The lowest BCUT2D eigenvalue weighted by atomic mass is 10.2. The predicted octanol–water partition coefficient (Wildman–Crippen LogP) is 2.19. The molecule has 0 aliphatic heterocycles. The third-order valence-corrected chi connectivity index (χ3v) is 2.93. The highest BCUT2D eigenvalue weighted by Crippen LogP contribution is 2.07. The number of alkyl carbamates (subject to hydrolysis) is 1. The van der Waals surface area contributed by atoms with E-state index in [-0.39, 0.29) is 12.5 Å². The lowest BCUT2D eigenvalue weighted by molar-refractivity contribution is -0.142. The van der Waals surface area contributed by atoms with Crippen LogP contribution in [0, 0.1) is 0 Å². The molecule has 6 heteroatoms. The number of carbonyl (C=O) groups is 2. The van der Waals surface area contributed by atoms with Crippen LogP contribution in [0.3, 0.4) is 0 Å². The maximum atomic E-state index is 11.6. The Hall–Kier alpha value is -2.08. The van der Waals surface area contributed by atoms with Crippen LogP contribution in [0.15, 0.2) is 30.3 Å². The number of hydrogen-bond donors (Lipinski definition) is 1. The highest BCUT2D eigenvalue weighted by atomic mass is 16.6. The van der Waals surface area contributed by atoms with Gasteiger partial charge in [0.25, 0.3) is 0 Å². The number of amides is 1. The fourth-order valence-corrected chi connectivity index (χ4v) is 1.93. The molecule has 0 spiro atoms. The van der Waals surface area contributed by atoms with Crippen molar-refractivity contribution < 1.29 is 19.1 Å². The minimum Gasteiger partial charge on any atom is -0.468 e. The van der Waals surface area contributed by atoms with E-state index in [1.807, 2.05) is 56.0 Å². The number of benzene rings is 1. The summed E-state index contributed by atoms with van der Waals surface area (Å²) in [5.74, 6) is -0.307. The monoisotopic (exact) mass is 322 g/mol. The number of hydrogen-bond acceptors (Lipinski definition) is 5. The van der Waals surface area contributed by atoms with Crippen molar-refractivity contribution in [3.05, 3.63) is 35.9 Å². The molecule has 0 aliphatic carbocycles. The number of nitrogens with one attached hydrogen (secondary N) is 1. The van der Waals surface area contributed by atoms with Crippen molar-refractivity contribution in [1.29, 1.82) is 0 Å². The number of ether oxygens (including phenoxy) is 2. The van der Waals surface area contributed by atoms with E-state index in [0.717, 1.165) is 5.56 Å². The van der Waals surface area contributed by atoms with E-state index in [4.69, 9.17) is 9.47 Å². The highest BCUT2D eigenvalue weighted by Gasteiger charge is 2.16. The van der Waals surface area contributed by atoms with Crippen LogP contribution >= 0.6 is 0 Å². The van der Waals surface area contributed by atoms with Gasteiger partial charge in [-0.25, -0.2) is 4.79 Å². The van der Waals surface area contributed by atoms with Crippen molar-refractivity contribution in [2.24, 2.45) is 0 Å². The SMILES string of the molecule is COC(=O)CN(CCNC(=O)OC(C)(C)C)Cc1ccccc1. The van der Waals surface area contributed by atoms with E-state index in [9.17, 15) is 9.59 Å². The number of nitrogens with zero attached hydrogens (tertiary/aromatic N) is 1. The Morgan fingerprint density at radius 1 is 1.17 bits per heavy atom. The molecule has 0 bridgehead atoms. The summed E-state index contributed by atoms with van der Waals surface area (Å²) in [6.07, 6.45) is -0.463. The molecule has 1 N–H and O–H groups in total. The van der Waals surface area contributed by atoms with Crippen molar-refractivity contribution in [1.82, 2.24) is 10.2 Å². The van der Waals surface area contributed by atoms with Crippen molar-refractivity contribution in [2.45, 2.75) is 32.9 Å². The normalized spacial score (nSPS) is 11.2. The second kappa shape index (κ2) is 9.15. The van der Waals surface area contributed by atoms with E-state index in [1.165, 1.54) is 7.11 Å². The Bertz CT molecular complexity index is 497. The maximum absolute atomic E-state index is 11.6. The second-order valence-electron chi connectivity index (χ2n) is 6.20. The highest BCUT2D eigenvalue weighted by molar-refractivity contribution is 5.71.